The molecule has 9 heteroatoms. The molecule has 0 aliphatic rings. The molecule has 0 aliphatic carbocycles. The lowest BCUT2D eigenvalue weighted by Gasteiger charge is -2.06. The Kier molecular flexibility index (Phi) is 4.08. The molecule has 0 aromatic carbocycles. The Morgan fingerprint density at radius 2 is 2.30 bits per heavy atom. The van der Waals surface area contributed by atoms with Crippen molar-refractivity contribution in [2.45, 2.75) is 6.42 Å². The average Bonchev–Trinajstić information content (AvgIpc) is 2.83. The minimum Gasteiger partial charge on any atom is -0.476 e. The number of hydrogen-bond acceptors (Lipinski definition) is 7. The fourth-order valence-corrected chi connectivity index (χ4v) is 1.71. The number of nitrogens with one attached hydrogen (secondary N) is 1. The molecule has 0 amide bonds. The molecule has 0 unspecified atom stereocenters. The minimum absolute atomic E-state index is 0.0645. The second-order valence-electron chi connectivity index (χ2n) is 3.99. The van der Waals surface area contributed by atoms with Crippen molar-refractivity contribution in [2.75, 3.05) is 19.0 Å². The molecule has 2 aromatic rings. The van der Waals surface area contributed by atoms with E-state index in [1.165, 1.54) is 13.4 Å². The molecular weight excluding hydrogens is 264 g/mol. The van der Waals surface area contributed by atoms with Crippen LogP contribution >= 0.6 is 0 Å². The second-order valence-corrected chi connectivity index (χ2v) is 3.99. The van der Waals surface area contributed by atoms with Gasteiger partial charge in [0.25, 0.3) is 5.88 Å². The molecule has 0 saturated heterocycles. The van der Waals surface area contributed by atoms with E-state index < -0.39 is 4.92 Å². The first-order chi connectivity index (χ1) is 9.61. The van der Waals surface area contributed by atoms with Crippen molar-refractivity contribution in [3.8, 4) is 5.88 Å². The summed E-state index contributed by atoms with van der Waals surface area (Å²) in [5.74, 6) is 0.0723. The van der Waals surface area contributed by atoms with Crippen LogP contribution in [0.15, 0.2) is 18.6 Å². The highest BCUT2D eigenvalue weighted by Gasteiger charge is 2.23. The molecule has 9 nitrogen and oxygen atoms in total. The molecule has 0 fully saturated rings. The van der Waals surface area contributed by atoms with Gasteiger partial charge in [-0.2, -0.15) is 10.1 Å². The van der Waals surface area contributed by atoms with E-state index in [-0.39, 0.29) is 17.4 Å². The van der Waals surface area contributed by atoms with Crippen LogP contribution in [0.2, 0.25) is 0 Å². The molecule has 0 radical (unpaired) electrons. The molecule has 0 saturated carbocycles. The lowest BCUT2D eigenvalue weighted by atomic mass is 10.3. The third-order valence-corrected chi connectivity index (χ3v) is 2.61. The summed E-state index contributed by atoms with van der Waals surface area (Å²) in [6.07, 6.45) is 3.69. The summed E-state index contributed by atoms with van der Waals surface area (Å²) in [6, 6.07) is 1.89. The Balaban J connectivity index is 2.07. The highest BCUT2D eigenvalue weighted by molar-refractivity contribution is 5.61. The standard InChI is InChI=1S/C11H14N6O3/c1-16-6-4-8(15-16)3-5-12-10-9(17(18)19)11(20-2)14-7-13-10/h4,6-7H,3,5H2,1-2H3,(H,12,13,14). The zero-order valence-corrected chi connectivity index (χ0v) is 11.1. The van der Waals surface area contributed by atoms with Crippen LogP contribution in [0.5, 0.6) is 5.88 Å². The van der Waals surface area contributed by atoms with Gasteiger partial charge in [-0.25, -0.2) is 4.98 Å². The molecule has 0 bridgehead atoms. The Hall–Kier alpha value is -2.71. The van der Waals surface area contributed by atoms with Gasteiger partial charge in [0, 0.05) is 26.2 Å². The number of hydrogen-bond donors (Lipinski definition) is 1. The van der Waals surface area contributed by atoms with Crippen LogP contribution in [0, 0.1) is 10.1 Å². The van der Waals surface area contributed by atoms with Crippen molar-refractivity contribution in [3.63, 3.8) is 0 Å². The number of methoxy groups -OCH3 is 1. The Bertz CT molecular complexity index is 612. The minimum atomic E-state index is -0.568. The monoisotopic (exact) mass is 278 g/mol. The van der Waals surface area contributed by atoms with Gasteiger partial charge in [-0.05, 0) is 6.07 Å². The number of aryl methyl sites for hydroxylation is 1. The normalized spacial score (nSPS) is 10.3. The first-order valence-electron chi connectivity index (χ1n) is 5.87. The van der Waals surface area contributed by atoms with Crippen molar-refractivity contribution in [3.05, 3.63) is 34.4 Å². The maximum atomic E-state index is 11.0. The van der Waals surface area contributed by atoms with E-state index in [2.05, 4.69) is 20.4 Å². The fourth-order valence-electron chi connectivity index (χ4n) is 1.71. The molecule has 20 heavy (non-hydrogen) atoms. The van der Waals surface area contributed by atoms with Gasteiger partial charge in [-0.15, -0.1) is 0 Å². The Morgan fingerprint density at radius 1 is 1.50 bits per heavy atom. The topological polar surface area (TPSA) is 108 Å². The van der Waals surface area contributed by atoms with E-state index in [4.69, 9.17) is 4.74 Å². The van der Waals surface area contributed by atoms with Gasteiger partial charge >= 0.3 is 5.69 Å². The van der Waals surface area contributed by atoms with Crippen LogP contribution in [0.25, 0.3) is 0 Å². The number of anilines is 1. The number of aromatic nitrogens is 4. The third kappa shape index (κ3) is 2.99. The van der Waals surface area contributed by atoms with Gasteiger partial charge in [0.2, 0.25) is 5.82 Å². The molecule has 2 aromatic heterocycles. The van der Waals surface area contributed by atoms with Gasteiger partial charge in [-0.3, -0.25) is 14.8 Å². The predicted molar refractivity (Wildman–Crippen MR) is 70.6 cm³/mol. The van der Waals surface area contributed by atoms with Gasteiger partial charge in [0.15, 0.2) is 0 Å². The molecule has 2 heterocycles. The molecule has 0 atom stereocenters. The van der Waals surface area contributed by atoms with E-state index in [0.717, 1.165) is 5.69 Å². The first-order valence-corrected chi connectivity index (χ1v) is 5.87. The van der Waals surface area contributed by atoms with Gasteiger partial charge in [0.1, 0.15) is 6.33 Å². The number of nitrogens with zero attached hydrogens (tertiary/aromatic N) is 5. The van der Waals surface area contributed by atoms with Crippen LogP contribution in [0.4, 0.5) is 11.5 Å². The summed E-state index contributed by atoms with van der Waals surface area (Å²) in [7, 11) is 3.16. The summed E-state index contributed by atoms with van der Waals surface area (Å²) < 4.78 is 6.57. The number of ether oxygens (including phenoxy) is 1. The lowest BCUT2D eigenvalue weighted by Crippen LogP contribution is -2.10. The maximum absolute atomic E-state index is 11.0. The predicted octanol–water partition coefficient (Wildman–Crippen LogP) is 0.782. The van der Waals surface area contributed by atoms with Crippen molar-refractivity contribution in [2.24, 2.45) is 7.05 Å². The first kappa shape index (κ1) is 13.7. The maximum Gasteiger partial charge on any atom is 0.372 e. The van der Waals surface area contributed by atoms with Gasteiger partial charge < -0.3 is 10.1 Å². The second kappa shape index (κ2) is 5.95. The summed E-state index contributed by atoms with van der Waals surface area (Å²) in [5, 5.41) is 18.2. The van der Waals surface area contributed by atoms with Crippen molar-refractivity contribution >= 4 is 11.5 Å². The van der Waals surface area contributed by atoms with Crippen molar-refractivity contribution < 1.29 is 9.66 Å². The fraction of sp³-hybridized carbons (Fsp3) is 0.364. The zero-order valence-electron chi connectivity index (χ0n) is 11.1. The summed E-state index contributed by atoms with van der Waals surface area (Å²) in [4.78, 5) is 18.1. The summed E-state index contributed by atoms with van der Waals surface area (Å²) in [5.41, 5.74) is 0.625. The van der Waals surface area contributed by atoms with E-state index in [1.54, 1.807) is 4.68 Å². The quantitative estimate of drug-likeness (QED) is 0.614. The number of nitro groups is 1. The number of rotatable bonds is 6. The largest absolute Gasteiger partial charge is 0.476 e. The zero-order chi connectivity index (χ0) is 14.5. The summed E-state index contributed by atoms with van der Waals surface area (Å²) in [6.45, 7) is 0.470. The SMILES string of the molecule is COc1ncnc(NCCc2ccn(C)n2)c1[N+](=O)[O-]. The van der Waals surface area contributed by atoms with E-state index >= 15 is 0 Å². The molecule has 2 rings (SSSR count). The average molecular weight is 278 g/mol. The molecule has 0 aliphatic heterocycles. The van der Waals surface area contributed by atoms with Gasteiger partial charge in [0.05, 0.1) is 17.7 Å². The van der Waals surface area contributed by atoms with E-state index in [1.807, 2.05) is 19.3 Å². The summed E-state index contributed by atoms with van der Waals surface area (Å²) >= 11 is 0. The van der Waals surface area contributed by atoms with E-state index in [9.17, 15) is 10.1 Å². The highest BCUT2D eigenvalue weighted by Crippen LogP contribution is 2.30. The molecular formula is C11H14N6O3. The van der Waals surface area contributed by atoms with Crippen LogP contribution in [-0.4, -0.2) is 38.3 Å². The Morgan fingerprint density at radius 3 is 2.90 bits per heavy atom. The smallest absolute Gasteiger partial charge is 0.372 e. The molecule has 1 N–H and O–H groups in total. The van der Waals surface area contributed by atoms with Crippen LogP contribution in [0.3, 0.4) is 0 Å². The third-order valence-electron chi connectivity index (χ3n) is 2.61. The van der Waals surface area contributed by atoms with Crippen LogP contribution in [-0.2, 0) is 13.5 Å². The molecule has 106 valence electrons. The van der Waals surface area contributed by atoms with E-state index in [0.29, 0.717) is 13.0 Å². The highest BCUT2D eigenvalue weighted by atomic mass is 16.6. The van der Waals surface area contributed by atoms with Crippen molar-refractivity contribution in [1.82, 2.24) is 19.7 Å². The molecule has 0 spiro atoms. The Labute approximate surface area is 114 Å². The lowest BCUT2D eigenvalue weighted by molar-refractivity contribution is -0.385. The van der Waals surface area contributed by atoms with Crippen LogP contribution < -0.4 is 10.1 Å². The van der Waals surface area contributed by atoms with Gasteiger partial charge in [-0.1, -0.05) is 0 Å². The van der Waals surface area contributed by atoms with Crippen molar-refractivity contribution in [1.29, 1.82) is 0 Å². The van der Waals surface area contributed by atoms with Crippen LogP contribution in [0.1, 0.15) is 5.69 Å².